The first-order valence-corrected chi connectivity index (χ1v) is 5.35. The Morgan fingerprint density at radius 1 is 1.44 bits per heavy atom. The van der Waals surface area contributed by atoms with E-state index >= 15 is 0 Å². The SMILES string of the molecule is COc1cccc(CNCC(C)CO)c1O. The molecular formula is C12H19NO3. The molecular weight excluding hydrogens is 206 g/mol. The lowest BCUT2D eigenvalue weighted by Crippen LogP contribution is -2.22. The summed E-state index contributed by atoms with van der Waals surface area (Å²) < 4.78 is 5.02. The lowest BCUT2D eigenvalue weighted by molar-refractivity contribution is 0.233. The number of benzene rings is 1. The summed E-state index contributed by atoms with van der Waals surface area (Å²) in [7, 11) is 1.53. The number of aliphatic hydroxyl groups is 1. The first-order chi connectivity index (χ1) is 7.69. The Balaban J connectivity index is 2.54. The van der Waals surface area contributed by atoms with E-state index in [0.717, 1.165) is 5.56 Å². The van der Waals surface area contributed by atoms with Crippen LogP contribution in [0.25, 0.3) is 0 Å². The summed E-state index contributed by atoms with van der Waals surface area (Å²) in [4.78, 5) is 0. The molecule has 16 heavy (non-hydrogen) atoms. The van der Waals surface area contributed by atoms with E-state index in [1.54, 1.807) is 6.07 Å². The highest BCUT2D eigenvalue weighted by atomic mass is 16.5. The summed E-state index contributed by atoms with van der Waals surface area (Å²) in [5, 5.41) is 21.8. The standard InChI is InChI=1S/C12H19NO3/c1-9(8-14)6-13-7-10-4-3-5-11(16-2)12(10)15/h3-5,9,13-15H,6-8H2,1-2H3. The molecule has 0 bridgehead atoms. The van der Waals surface area contributed by atoms with Crippen molar-refractivity contribution < 1.29 is 14.9 Å². The van der Waals surface area contributed by atoms with Crippen molar-refractivity contribution in [1.29, 1.82) is 0 Å². The molecule has 1 rings (SSSR count). The monoisotopic (exact) mass is 225 g/mol. The molecule has 4 heteroatoms. The summed E-state index contributed by atoms with van der Waals surface area (Å²) in [6, 6.07) is 5.40. The highest BCUT2D eigenvalue weighted by Crippen LogP contribution is 2.28. The zero-order valence-electron chi connectivity index (χ0n) is 9.73. The van der Waals surface area contributed by atoms with Crippen LogP contribution in [0.3, 0.4) is 0 Å². The predicted octanol–water partition coefficient (Wildman–Crippen LogP) is 1.12. The molecule has 90 valence electrons. The highest BCUT2D eigenvalue weighted by Gasteiger charge is 2.07. The first kappa shape index (κ1) is 12.8. The van der Waals surface area contributed by atoms with Crippen LogP contribution < -0.4 is 10.1 Å². The largest absolute Gasteiger partial charge is 0.504 e. The minimum Gasteiger partial charge on any atom is -0.504 e. The summed E-state index contributed by atoms with van der Waals surface area (Å²) in [6.07, 6.45) is 0. The van der Waals surface area contributed by atoms with Crippen molar-refractivity contribution in [1.82, 2.24) is 5.32 Å². The van der Waals surface area contributed by atoms with Crippen molar-refractivity contribution in [3.05, 3.63) is 23.8 Å². The molecule has 0 aliphatic rings. The third kappa shape index (κ3) is 3.40. The fourth-order valence-electron chi connectivity index (χ4n) is 1.39. The zero-order valence-corrected chi connectivity index (χ0v) is 9.73. The number of phenols is 1. The van der Waals surface area contributed by atoms with Crippen LogP contribution in [-0.2, 0) is 6.54 Å². The molecule has 3 N–H and O–H groups in total. The maximum Gasteiger partial charge on any atom is 0.162 e. The molecule has 1 unspecified atom stereocenters. The minimum absolute atomic E-state index is 0.164. The number of hydrogen-bond acceptors (Lipinski definition) is 4. The van der Waals surface area contributed by atoms with Gasteiger partial charge in [-0.05, 0) is 12.0 Å². The highest BCUT2D eigenvalue weighted by molar-refractivity contribution is 5.45. The van der Waals surface area contributed by atoms with Crippen LogP contribution in [0, 0.1) is 5.92 Å². The molecule has 0 aliphatic heterocycles. The predicted molar refractivity (Wildman–Crippen MR) is 62.6 cm³/mol. The van der Waals surface area contributed by atoms with E-state index in [2.05, 4.69) is 5.32 Å². The molecule has 0 saturated heterocycles. The Bertz CT molecular complexity index is 328. The van der Waals surface area contributed by atoms with E-state index in [1.807, 2.05) is 19.1 Å². The number of methoxy groups -OCH3 is 1. The quantitative estimate of drug-likeness (QED) is 0.679. The van der Waals surface area contributed by atoms with E-state index in [0.29, 0.717) is 18.8 Å². The number of aromatic hydroxyl groups is 1. The van der Waals surface area contributed by atoms with Gasteiger partial charge in [-0.2, -0.15) is 0 Å². The molecule has 0 spiro atoms. The maximum atomic E-state index is 9.80. The molecule has 0 saturated carbocycles. The Labute approximate surface area is 95.9 Å². The molecule has 1 aromatic rings. The van der Waals surface area contributed by atoms with Crippen molar-refractivity contribution in [3.63, 3.8) is 0 Å². The Morgan fingerprint density at radius 3 is 2.81 bits per heavy atom. The number of para-hydroxylation sites is 1. The van der Waals surface area contributed by atoms with Crippen molar-refractivity contribution in [2.75, 3.05) is 20.3 Å². The van der Waals surface area contributed by atoms with Crippen LogP contribution in [0.4, 0.5) is 0 Å². The van der Waals surface area contributed by atoms with Crippen molar-refractivity contribution in [2.45, 2.75) is 13.5 Å². The number of hydrogen-bond donors (Lipinski definition) is 3. The van der Waals surface area contributed by atoms with Crippen LogP contribution in [0.15, 0.2) is 18.2 Å². The fourth-order valence-corrected chi connectivity index (χ4v) is 1.39. The van der Waals surface area contributed by atoms with Gasteiger partial charge in [0.2, 0.25) is 0 Å². The Hall–Kier alpha value is -1.26. The summed E-state index contributed by atoms with van der Waals surface area (Å²) in [5.74, 6) is 0.872. The molecule has 0 heterocycles. The molecule has 4 nitrogen and oxygen atoms in total. The van der Waals surface area contributed by atoms with E-state index in [1.165, 1.54) is 7.11 Å². The number of ether oxygens (including phenoxy) is 1. The molecule has 0 aromatic heterocycles. The van der Waals surface area contributed by atoms with Crippen molar-refractivity contribution in [2.24, 2.45) is 5.92 Å². The lowest BCUT2D eigenvalue weighted by atomic mass is 10.1. The van der Waals surface area contributed by atoms with Gasteiger partial charge >= 0.3 is 0 Å². The second-order valence-electron chi connectivity index (χ2n) is 3.89. The van der Waals surface area contributed by atoms with Gasteiger partial charge in [0.05, 0.1) is 7.11 Å². The van der Waals surface area contributed by atoms with Gasteiger partial charge in [0.25, 0.3) is 0 Å². The topological polar surface area (TPSA) is 61.7 Å². The van der Waals surface area contributed by atoms with Gasteiger partial charge in [0.1, 0.15) is 0 Å². The van der Waals surface area contributed by atoms with Gasteiger partial charge in [-0.1, -0.05) is 19.1 Å². The molecule has 0 fully saturated rings. The maximum absolute atomic E-state index is 9.80. The third-order valence-corrected chi connectivity index (χ3v) is 2.42. The van der Waals surface area contributed by atoms with Gasteiger partial charge in [0.15, 0.2) is 11.5 Å². The number of nitrogens with one attached hydrogen (secondary N) is 1. The summed E-state index contributed by atoms with van der Waals surface area (Å²) >= 11 is 0. The van der Waals surface area contributed by atoms with Crippen LogP contribution in [-0.4, -0.2) is 30.5 Å². The lowest BCUT2D eigenvalue weighted by Gasteiger charge is -2.12. The third-order valence-electron chi connectivity index (χ3n) is 2.42. The van der Waals surface area contributed by atoms with Gasteiger partial charge in [-0.25, -0.2) is 0 Å². The summed E-state index contributed by atoms with van der Waals surface area (Å²) in [5.41, 5.74) is 0.796. The van der Waals surface area contributed by atoms with Gasteiger partial charge in [-0.3, -0.25) is 0 Å². The van der Waals surface area contributed by atoms with Gasteiger partial charge in [0, 0.05) is 25.3 Å². The number of rotatable bonds is 6. The van der Waals surface area contributed by atoms with E-state index in [4.69, 9.17) is 9.84 Å². The molecule has 0 aliphatic carbocycles. The van der Waals surface area contributed by atoms with Crippen LogP contribution in [0.2, 0.25) is 0 Å². The smallest absolute Gasteiger partial charge is 0.162 e. The number of aliphatic hydroxyl groups excluding tert-OH is 1. The molecule has 1 atom stereocenters. The number of phenolic OH excluding ortho intramolecular Hbond substituents is 1. The zero-order chi connectivity index (χ0) is 12.0. The molecule has 0 radical (unpaired) electrons. The average molecular weight is 225 g/mol. The first-order valence-electron chi connectivity index (χ1n) is 5.35. The summed E-state index contributed by atoms with van der Waals surface area (Å²) in [6.45, 7) is 3.40. The van der Waals surface area contributed by atoms with Crippen molar-refractivity contribution in [3.8, 4) is 11.5 Å². The molecule has 0 amide bonds. The normalized spacial score (nSPS) is 12.4. The fraction of sp³-hybridized carbons (Fsp3) is 0.500. The van der Waals surface area contributed by atoms with E-state index in [-0.39, 0.29) is 18.3 Å². The second-order valence-corrected chi connectivity index (χ2v) is 3.89. The molecule has 1 aromatic carbocycles. The van der Waals surface area contributed by atoms with Crippen LogP contribution >= 0.6 is 0 Å². The van der Waals surface area contributed by atoms with Crippen LogP contribution in [0.1, 0.15) is 12.5 Å². The second kappa shape index (κ2) is 6.35. The minimum atomic E-state index is 0.164. The van der Waals surface area contributed by atoms with Crippen molar-refractivity contribution >= 4 is 0 Å². The average Bonchev–Trinajstić information content (AvgIpc) is 2.31. The van der Waals surface area contributed by atoms with E-state index < -0.39 is 0 Å². The Kier molecular flexibility index (Phi) is 5.08. The van der Waals surface area contributed by atoms with Gasteiger partial charge in [-0.15, -0.1) is 0 Å². The van der Waals surface area contributed by atoms with E-state index in [9.17, 15) is 5.11 Å². The van der Waals surface area contributed by atoms with Crippen LogP contribution in [0.5, 0.6) is 11.5 Å². The Morgan fingerprint density at radius 2 is 2.19 bits per heavy atom. The van der Waals surface area contributed by atoms with Gasteiger partial charge < -0.3 is 20.3 Å².